The van der Waals surface area contributed by atoms with E-state index in [9.17, 15) is 0 Å². The number of hydrogen-bond donors (Lipinski definition) is 1. The van der Waals surface area contributed by atoms with Crippen molar-refractivity contribution in [2.75, 3.05) is 0 Å². The molecular formula is C35H45N. The van der Waals surface area contributed by atoms with Gasteiger partial charge in [0.1, 0.15) is 0 Å². The first-order valence-electron chi connectivity index (χ1n) is 14.5. The Labute approximate surface area is 219 Å². The molecule has 0 aromatic rings. The van der Waals surface area contributed by atoms with Gasteiger partial charge in [0.25, 0.3) is 0 Å². The van der Waals surface area contributed by atoms with Crippen LogP contribution < -0.4 is 5.32 Å². The van der Waals surface area contributed by atoms with Gasteiger partial charge < -0.3 is 5.32 Å². The Hall–Kier alpha value is -2.54. The summed E-state index contributed by atoms with van der Waals surface area (Å²) in [4.78, 5) is 0. The summed E-state index contributed by atoms with van der Waals surface area (Å²) in [7, 11) is 0. The van der Waals surface area contributed by atoms with Crippen LogP contribution in [0.25, 0.3) is 0 Å². The van der Waals surface area contributed by atoms with Gasteiger partial charge in [-0.15, -0.1) is 0 Å². The van der Waals surface area contributed by atoms with Crippen LogP contribution in [0.5, 0.6) is 0 Å². The van der Waals surface area contributed by atoms with Gasteiger partial charge in [-0.05, 0) is 86.5 Å². The van der Waals surface area contributed by atoms with E-state index >= 15 is 0 Å². The van der Waals surface area contributed by atoms with Crippen molar-refractivity contribution in [2.45, 2.75) is 59.3 Å². The summed E-state index contributed by atoms with van der Waals surface area (Å²) in [6, 6.07) is 0. The molecule has 0 radical (unpaired) electrons. The molecule has 5 aliphatic rings. The van der Waals surface area contributed by atoms with Crippen molar-refractivity contribution in [3.63, 3.8) is 0 Å². The Bertz CT molecular complexity index is 1050. The summed E-state index contributed by atoms with van der Waals surface area (Å²) in [5.74, 6) is 4.83. The second-order valence-corrected chi connectivity index (χ2v) is 11.7. The molecule has 5 aliphatic carbocycles. The molecular weight excluding hydrogens is 434 g/mol. The third-order valence-electron chi connectivity index (χ3n) is 9.50. The molecule has 0 bridgehead atoms. The normalized spacial score (nSPS) is 35.1. The zero-order valence-corrected chi connectivity index (χ0v) is 22.5. The van der Waals surface area contributed by atoms with Gasteiger partial charge in [0, 0.05) is 23.2 Å². The zero-order chi connectivity index (χ0) is 24.9. The van der Waals surface area contributed by atoms with E-state index in [4.69, 9.17) is 0 Å². The van der Waals surface area contributed by atoms with Gasteiger partial charge >= 0.3 is 0 Å². The summed E-state index contributed by atoms with van der Waals surface area (Å²) in [6.45, 7) is 7.00. The Morgan fingerprint density at radius 1 is 0.833 bits per heavy atom. The van der Waals surface area contributed by atoms with E-state index < -0.39 is 0 Å². The average molecular weight is 480 g/mol. The van der Waals surface area contributed by atoms with Crippen LogP contribution in [-0.4, -0.2) is 0 Å². The average Bonchev–Trinajstić information content (AvgIpc) is 2.94. The van der Waals surface area contributed by atoms with Crippen molar-refractivity contribution in [1.29, 1.82) is 0 Å². The molecule has 8 atom stereocenters. The molecule has 0 aromatic heterocycles. The van der Waals surface area contributed by atoms with Gasteiger partial charge in [-0.25, -0.2) is 0 Å². The first kappa shape index (κ1) is 25.1. The van der Waals surface area contributed by atoms with Gasteiger partial charge in [-0.1, -0.05) is 105 Å². The molecule has 36 heavy (non-hydrogen) atoms. The molecule has 0 spiro atoms. The molecule has 0 aromatic carbocycles. The molecule has 0 saturated carbocycles. The van der Waals surface area contributed by atoms with Crippen LogP contribution in [-0.2, 0) is 0 Å². The van der Waals surface area contributed by atoms with Crippen molar-refractivity contribution in [1.82, 2.24) is 5.32 Å². The maximum absolute atomic E-state index is 4.16. The second kappa shape index (κ2) is 11.7. The van der Waals surface area contributed by atoms with Crippen molar-refractivity contribution in [3.8, 4) is 0 Å². The molecule has 0 saturated heterocycles. The van der Waals surface area contributed by atoms with Crippen LogP contribution >= 0.6 is 0 Å². The minimum absolute atomic E-state index is 0.528. The summed E-state index contributed by atoms with van der Waals surface area (Å²) in [6.07, 6.45) is 42.5. The molecule has 0 heterocycles. The fourth-order valence-electron chi connectivity index (χ4n) is 7.29. The summed E-state index contributed by atoms with van der Waals surface area (Å²) in [5, 5.41) is 4.16. The molecule has 7 unspecified atom stereocenters. The fraction of sp³-hybridized carbons (Fsp3) is 0.486. The van der Waals surface area contributed by atoms with Crippen molar-refractivity contribution < 1.29 is 0 Å². The minimum Gasteiger partial charge on any atom is -0.362 e. The quantitative estimate of drug-likeness (QED) is 0.359. The molecule has 190 valence electrons. The second-order valence-electron chi connectivity index (χ2n) is 11.7. The minimum atomic E-state index is 0.528. The Morgan fingerprint density at radius 2 is 1.53 bits per heavy atom. The monoisotopic (exact) mass is 479 g/mol. The SMILES string of the molecule is C/C=C\C(C)[C@H](C)C1=C(NC2=CCC(C3C=CC=CC3)CC2C2C=CC=CC2)CCC2C=CC=CC12. The summed E-state index contributed by atoms with van der Waals surface area (Å²) >= 11 is 0. The van der Waals surface area contributed by atoms with E-state index in [0.717, 1.165) is 18.8 Å². The third kappa shape index (κ3) is 5.41. The van der Waals surface area contributed by atoms with E-state index in [2.05, 4.69) is 117 Å². The third-order valence-corrected chi connectivity index (χ3v) is 9.50. The van der Waals surface area contributed by atoms with Gasteiger partial charge in [-0.3, -0.25) is 0 Å². The van der Waals surface area contributed by atoms with Crippen molar-refractivity contribution in [3.05, 3.63) is 108 Å². The van der Waals surface area contributed by atoms with Gasteiger partial charge in [-0.2, -0.15) is 0 Å². The Balaban J connectivity index is 1.46. The van der Waals surface area contributed by atoms with Gasteiger partial charge in [0.2, 0.25) is 0 Å². The Morgan fingerprint density at radius 3 is 2.25 bits per heavy atom. The van der Waals surface area contributed by atoms with E-state index in [1.807, 2.05) is 0 Å². The van der Waals surface area contributed by atoms with E-state index in [0.29, 0.717) is 41.4 Å². The van der Waals surface area contributed by atoms with Gasteiger partial charge in [0.05, 0.1) is 0 Å². The number of fused-ring (bicyclic) bond motifs is 1. The Kier molecular flexibility index (Phi) is 8.15. The predicted octanol–water partition coefficient (Wildman–Crippen LogP) is 9.01. The van der Waals surface area contributed by atoms with Crippen molar-refractivity contribution >= 4 is 0 Å². The van der Waals surface area contributed by atoms with E-state index in [1.54, 1.807) is 5.57 Å². The maximum Gasteiger partial charge on any atom is 0.0149 e. The highest BCUT2D eigenvalue weighted by Crippen LogP contribution is 2.46. The summed E-state index contributed by atoms with van der Waals surface area (Å²) in [5.41, 5.74) is 4.67. The number of nitrogens with one attached hydrogen (secondary N) is 1. The lowest BCUT2D eigenvalue weighted by Gasteiger charge is -2.41. The topological polar surface area (TPSA) is 12.0 Å². The zero-order valence-electron chi connectivity index (χ0n) is 22.5. The van der Waals surface area contributed by atoms with Gasteiger partial charge in [0.15, 0.2) is 0 Å². The standard InChI is InChI=1S/C35H45N/c1-4-13-25(2)26(3)35-31-19-12-11-18-29(31)20-23-34(35)36-33-22-21-30(27-14-7-5-8-15-27)24-32(33)28-16-9-6-10-17-28/h4-14,16,18-19,22,25-32,36H,15,17,20-21,23-24H2,1-3H3/b13-4-/t25?,26-,27?,28?,29?,30?,31?,32?/m0/s1. The van der Waals surface area contributed by atoms with Crippen LogP contribution in [0.3, 0.4) is 0 Å². The van der Waals surface area contributed by atoms with Crippen LogP contribution in [0.4, 0.5) is 0 Å². The van der Waals surface area contributed by atoms with E-state index in [1.165, 1.54) is 37.1 Å². The molecule has 1 N–H and O–H groups in total. The lowest BCUT2D eigenvalue weighted by atomic mass is 9.68. The number of allylic oxidation sites excluding steroid dienone is 18. The fourth-order valence-corrected chi connectivity index (χ4v) is 7.29. The highest BCUT2D eigenvalue weighted by atomic mass is 14.9. The first-order chi connectivity index (χ1) is 17.7. The number of hydrogen-bond acceptors (Lipinski definition) is 1. The van der Waals surface area contributed by atoms with Crippen LogP contribution in [0, 0.1) is 47.3 Å². The van der Waals surface area contributed by atoms with Crippen LogP contribution in [0.1, 0.15) is 59.3 Å². The lowest BCUT2D eigenvalue weighted by molar-refractivity contribution is 0.262. The molecule has 0 fully saturated rings. The molecule has 0 amide bonds. The largest absolute Gasteiger partial charge is 0.362 e. The van der Waals surface area contributed by atoms with Crippen LogP contribution in [0.15, 0.2) is 108 Å². The molecule has 1 nitrogen and oxygen atoms in total. The number of rotatable bonds is 7. The molecule has 1 heteroatoms. The predicted molar refractivity (Wildman–Crippen MR) is 155 cm³/mol. The highest BCUT2D eigenvalue weighted by molar-refractivity contribution is 5.35. The highest BCUT2D eigenvalue weighted by Gasteiger charge is 2.37. The molecule has 5 rings (SSSR count). The van der Waals surface area contributed by atoms with E-state index in [-0.39, 0.29) is 0 Å². The lowest BCUT2D eigenvalue weighted by Crippen LogP contribution is -2.36. The van der Waals surface area contributed by atoms with Crippen molar-refractivity contribution in [2.24, 2.45) is 47.3 Å². The van der Waals surface area contributed by atoms with Crippen LogP contribution in [0.2, 0.25) is 0 Å². The maximum atomic E-state index is 4.16. The smallest absolute Gasteiger partial charge is 0.0149 e. The first-order valence-corrected chi connectivity index (χ1v) is 14.5. The summed E-state index contributed by atoms with van der Waals surface area (Å²) < 4.78 is 0. The molecule has 0 aliphatic heterocycles.